The Bertz CT molecular complexity index is 804. The van der Waals surface area contributed by atoms with E-state index in [1.807, 2.05) is 0 Å². The standard InChI is InChI=1S/C12H17N4O7P/c1-12(18)8(17)7(4-22-24(19,20)21)23-11(12)16-3-2-6-9(13)14-5-15-10(6)16/h2-3,5,7-8,11,17-18H,4H2,1H3,(H2,13,14,15)(H2,19,20,21)/t7-,8-,11?,12-/m1/s1. The monoisotopic (exact) mass is 360 g/mol. The molecule has 0 bridgehead atoms. The highest BCUT2D eigenvalue weighted by atomic mass is 31.2. The number of fused-ring (bicyclic) bond motifs is 1. The molecule has 6 N–H and O–H groups in total. The molecule has 1 aliphatic rings. The number of phosphoric acid groups is 1. The number of ether oxygens (including phenoxy) is 1. The molecule has 2 aromatic heterocycles. The van der Waals surface area contributed by atoms with Gasteiger partial charge in [-0.3, -0.25) is 4.52 Å². The van der Waals surface area contributed by atoms with Gasteiger partial charge in [0.05, 0.1) is 12.0 Å². The van der Waals surface area contributed by atoms with Gasteiger partial charge in [-0.2, -0.15) is 0 Å². The van der Waals surface area contributed by atoms with Crippen LogP contribution in [0, 0.1) is 0 Å². The summed E-state index contributed by atoms with van der Waals surface area (Å²) in [7, 11) is -4.73. The third-order valence-corrected chi connectivity index (χ3v) is 4.44. The lowest BCUT2D eigenvalue weighted by molar-refractivity contribution is -0.0947. The molecule has 1 fully saturated rings. The SMILES string of the molecule is C[C@]1(O)C(n2ccc3c(N)ncnc32)O[C@H](COP(=O)(O)O)[C@H]1O. The second-order valence-electron chi connectivity index (χ2n) is 5.70. The lowest BCUT2D eigenvalue weighted by Gasteiger charge is -2.27. The summed E-state index contributed by atoms with van der Waals surface area (Å²) in [6, 6.07) is 1.63. The molecule has 2 aromatic rings. The smallest absolute Gasteiger partial charge is 0.387 e. The van der Waals surface area contributed by atoms with Gasteiger partial charge in [-0.1, -0.05) is 0 Å². The minimum Gasteiger partial charge on any atom is -0.387 e. The molecule has 0 radical (unpaired) electrons. The van der Waals surface area contributed by atoms with Gasteiger partial charge < -0.3 is 35.0 Å². The van der Waals surface area contributed by atoms with Crippen LogP contribution in [-0.2, 0) is 13.8 Å². The molecule has 0 saturated carbocycles. The van der Waals surface area contributed by atoms with E-state index in [0.29, 0.717) is 11.0 Å². The van der Waals surface area contributed by atoms with E-state index in [2.05, 4.69) is 14.5 Å². The van der Waals surface area contributed by atoms with Crippen LogP contribution in [0.1, 0.15) is 13.2 Å². The summed E-state index contributed by atoms with van der Waals surface area (Å²) in [6.07, 6.45) is -0.833. The van der Waals surface area contributed by atoms with Gasteiger partial charge in [0.25, 0.3) is 0 Å². The Morgan fingerprint density at radius 1 is 1.50 bits per heavy atom. The van der Waals surface area contributed by atoms with Crippen LogP contribution in [0.15, 0.2) is 18.6 Å². The lowest BCUT2D eigenvalue weighted by Crippen LogP contribution is -2.44. The van der Waals surface area contributed by atoms with Crippen molar-refractivity contribution in [1.82, 2.24) is 14.5 Å². The predicted octanol–water partition coefficient (Wildman–Crippen LogP) is -0.868. The van der Waals surface area contributed by atoms with Gasteiger partial charge >= 0.3 is 7.82 Å². The first-order valence-electron chi connectivity index (χ1n) is 6.94. The summed E-state index contributed by atoms with van der Waals surface area (Å²) in [6.45, 7) is 0.755. The Kier molecular flexibility index (Phi) is 4.12. The molecule has 4 atom stereocenters. The molecule has 1 aliphatic heterocycles. The first-order valence-corrected chi connectivity index (χ1v) is 8.47. The number of nitrogens with two attached hydrogens (primary N) is 1. The Hall–Kier alpha value is -1.59. The summed E-state index contributed by atoms with van der Waals surface area (Å²) >= 11 is 0. The van der Waals surface area contributed by atoms with E-state index in [1.165, 1.54) is 17.8 Å². The molecule has 0 aliphatic carbocycles. The predicted molar refractivity (Wildman–Crippen MR) is 80.5 cm³/mol. The number of aliphatic hydroxyl groups is 2. The van der Waals surface area contributed by atoms with Crippen molar-refractivity contribution >= 4 is 24.7 Å². The topological polar surface area (TPSA) is 173 Å². The number of phosphoric ester groups is 1. The number of aliphatic hydroxyl groups excluding tert-OH is 1. The second-order valence-corrected chi connectivity index (χ2v) is 6.94. The second kappa shape index (κ2) is 5.74. The Balaban J connectivity index is 1.92. The minimum atomic E-state index is -4.73. The molecule has 11 nitrogen and oxygen atoms in total. The van der Waals surface area contributed by atoms with Gasteiger partial charge in [-0.25, -0.2) is 14.5 Å². The fourth-order valence-electron chi connectivity index (χ4n) is 2.73. The van der Waals surface area contributed by atoms with Crippen LogP contribution in [0.5, 0.6) is 0 Å². The molecular formula is C12H17N4O7P. The van der Waals surface area contributed by atoms with Gasteiger partial charge in [0.15, 0.2) is 6.23 Å². The lowest BCUT2D eigenvalue weighted by atomic mass is 9.96. The molecule has 1 unspecified atom stereocenters. The van der Waals surface area contributed by atoms with Crippen LogP contribution >= 0.6 is 7.82 Å². The number of nitrogens with zero attached hydrogens (tertiary/aromatic N) is 3. The van der Waals surface area contributed by atoms with E-state index in [0.717, 1.165) is 0 Å². The number of aromatic nitrogens is 3. The Morgan fingerprint density at radius 3 is 2.88 bits per heavy atom. The van der Waals surface area contributed by atoms with Gasteiger partial charge in [-0.05, 0) is 13.0 Å². The van der Waals surface area contributed by atoms with Crippen molar-refractivity contribution < 1.29 is 33.8 Å². The molecule has 132 valence electrons. The number of hydrogen-bond acceptors (Lipinski definition) is 8. The molecule has 24 heavy (non-hydrogen) atoms. The van der Waals surface area contributed by atoms with Crippen LogP contribution in [0.3, 0.4) is 0 Å². The van der Waals surface area contributed by atoms with Crippen LogP contribution < -0.4 is 5.73 Å². The number of hydrogen-bond donors (Lipinski definition) is 5. The van der Waals surface area contributed by atoms with E-state index in [4.69, 9.17) is 20.3 Å². The zero-order valence-corrected chi connectivity index (χ0v) is 13.4. The van der Waals surface area contributed by atoms with Crippen molar-refractivity contribution in [3.8, 4) is 0 Å². The van der Waals surface area contributed by atoms with E-state index in [1.54, 1.807) is 12.3 Å². The molecule has 0 aromatic carbocycles. The average Bonchev–Trinajstić information content (AvgIpc) is 2.99. The highest BCUT2D eigenvalue weighted by Crippen LogP contribution is 2.42. The molecular weight excluding hydrogens is 343 g/mol. The van der Waals surface area contributed by atoms with Crippen molar-refractivity contribution in [2.24, 2.45) is 0 Å². The third-order valence-electron chi connectivity index (χ3n) is 3.95. The minimum absolute atomic E-state index is 0.248. The van der Waals surface area contributed by atoms with Crippen molar-refractivity contribution in [2.45, 2.75) is 31.0 Å². The highest BCUT2D eigenvalue weighted by molar-refractivity contribution is 7.46. The van der Waals surface area contributed by atoms with Crippen molar-refractivity contribution in [3.05, 3.63) is 18.6 Å². The summed E-state index contributed by atoms with van der Waals surface area (Å²) in [5.74, 6) is 0.248. The molecule has 0 spiro atoms. The van der Waals surface area contributed by atoms with Crippen LogP contribution in [-0.4, -0.2) is 59.0 Å². The van der Waals surface area contributed by atoms with Crippen LogP contribution in [0.2, 0.25) is 0 Å². The maximum Gasteiger partial charge on any atom is 0.469 e. The molecule has 3 heterocycles. The maximum atomic E-state index is 10.8. The molecule has 12 heteroatoms. The number of rotatable bonds is 4. The maximum absolute atomic E-state index is 10.8. The summed E-state index contributed by atoms with van der Waals surface area (Å²) in [4.78, 5) is 25.5. The summed E-state index contributed by atoms with van der Waals surface area (Å²) < 4.78 is 22.2. The van der Waals surface area contributed by atoms with E-state index in [-0.39, 0.29) is 5.82 Å². The molecule has 0 amide bonds. The highest BCUT2D eigenvalue weighted by Gasteiger charge is 2.53. The quantitative estimate of drug-likeness (QED) is 0.431. The Labute approximate surface area is 135 Å². The van der Waals surface area contributed by atoms with Gasteiger partial charge in [-0.15, -0.1) is 0 Å². The van der Waals surface area contributed by atoms with Crippen molar-refractivity contribution in [3.63, 3.8) is 0 Å². The molecule has 1 saturated heterocycles. The first kappa shape index (κ1) is 17.2. The zero-order chi connectivity index (χ0) is 17.7. The molecule has 3 rings (SSSR count). The summed E-state index contributed by atoms with van der Waals surface area (Å²) in [5, 5.41) is 21.4. The van der Waals surface area contributed by atoms with E-state index < -0.39 is 38.5 Å². The summed E-state index contributed by atoms with van der Waals surface area (Å²) in [5.41, 5.74) is 4.39. The number of nitrogen functional groups attached to an aromatic ring is 1. The van der Waals surface area contributed by atoms with E-state index >= 15 is 0 Å². The van der Waals surface area contributed by atoms with Gasteiger partial charge in [0.1, 0.15) is 35.6 Å². The average molecular weight is 360 g/mol. The number of anilines is 1. The van der Waals surface area contributed by atoms with Crippen LogP contribution in [0.4, 0.5) is 5.82 Å². The fraction of sp³-hybridized carbons (Fsp3) is 0.500. The van der Waals surface area contributed by atoms with Crippen LogP contribution in [0.25, 0.3) is 11.0 Å². The first-order chi connectivity index (χ1) is 11.1. The zero-order valence-electron chi connectivity index (χ0n) is 12.6. The third kappa shape index (κ3) is 2.91. The van der Waals surface area contributed by atoms with E-state index in [9.17, 15) is 14.8 Å². The van der Waals surface area contributed by atoms with Gasteiger partial charge in [0.2, 0.25) is 0 Å². The van der Waals surface area contributed by atoms with Crippen molar-refractivity contribution in [2.75, 3.05) is 12.3 Å². The fourth-order valence-corrected chi connectivity index (χ4v) is 3.07. The Morgan fingerprint density at radius 2 is 2.21 bits per heavy atom. The van der Waals surface area contributed by atoms with Crippen molar-refractivity contribution in [1.29, 1.82) is 0 Å². The largest absolute Gasteiger partial charge is 0.469 e. The normalized spacial score (nSPS) is 31.0. The van der Waals surface area contributed by atoms with Gasteiger partial charge in [0, 0.05) is 6.20 Å².